The quantitative estimate of drug-likeness (QED) is 0.0456. The zero-order chi connectivity index (χ0) is 51.4. The Morgan fingerprint density at radius 2 is 1.33 bits per heavy atom. The van der Waals surface area contributed by atoms with Crippen LogP contribution in [0.5, 0.6) is 5.75 Å². The number of fused-ring (bicyclic) bond motifs is 5. The lowest BCUT2D eigenvalue weighted by Gasteiger charge is -2.33. The van der Waals surface area contributed by atoms with Crippen molar-refractivity contribution in [3.63, 3.8) is 0 Å². The summed E-state index contributed by atoms with van der Waals surface area (Å²) in [4.78, 5) is 2.62. The topological polar surface area (TPSA) is 15.5 Å². The number of hydrogen-bond donors (Lipinski definition) is 0. The Labute approximate surface area is 450 Å². The highest BCUT2D eigenvalue weighted by atomic mass is 79.9. The maximum absolute atomic E-state index is 7.34. The number of benzene rings is 6. The molecule has 0 unspecified atom stereocenters. The first kappa shape index (κ1) is 53.3. The van der Waals surface area contributed by atoms with E-state index in [1.165, 1.54) is 105 Å². The highest BCUT2D eigenvalue weighted by Crippen LogP contribution is 2.52. The van der Waals surface area contributed by atoms with E-state index in [9.17, 15) is 0 Å². The standard InChI is InChI=1S/C67H79Br2N2O/c1-12-14-16-20-40-70(53-31-25-47-42-51(68)29-24-48(47)44-53)60(46(3)4)38-35-58-56-22-18-19-23-57(56)59(64(58)72-54-32-27-50(28-33-54)66(8,9)45-65(5,6)7)36-39-62-67(10,11)63-55-34-30-52(69)43-49(55)26-37-61(63)71(62)41-21-17-15-13-2/h18-19,22-39,42-44,46H,12-17,20-21,40-41,45H2,1-11H3/q+1. The normalized spacial score (nSPS) is 16.3. The van der Waals surface area contributed by atoms with Gasteiger partial charge >= 0.3 is 0 Å². The first-order valence-corrected chi connectivity index (χ1v) is 28.6. The average Bonchev–Trinajstić information content (AvgIpc) is 3.74. The molecule has 3 nitrogen and oxygen atoms in total. The van der Waals surface area contributed by atoms with Crippen LogP contribution >= 0.6 is 31.9 Å². The molecular formula is C67H79Br2N2O+. The molecule has 1 aliphatic heterocycles. The third-order valence-electron chi connectivity index (χ3n) is 14.9. The summed E-state index contributed by atoms with van der Waals surface area (Å²) >= 11 is 7.46. The van der Waals surface area contributed by atoms with E-state index in [2.05, 4.69) is 257 Å². The summed E-state index contributed by atoms with van der Waals surface area (Å²) in [6, 6.07) is 42.8. The van der Waals surface area contributed by atoms with E-state index in [-0.39, 0.29) is 22.2 Å². The summed E-state index contributed by atoms with van der Waals surface area (Å²) in [7, 11) is 0. The number of ether oxygens (including phenoxy) is 1. The lowest BCUT2D eigenvalue weighted by molar-refractivity contribution is -0.443. The Morgan fingerprint density at radius 1 is 0.694 bits per heavy atom. The first-order valence-electron chi connectivity index (χ1n) is 27.0. The molecule has 8 rings (SSSR count). The Hall–Kier alpha value is -4.97. The van der Waals surface area contributed by atoms with Crippen molar-refractivity contribution < 1.29 is 9.31 Å². The van der Waals surface area contributed by atoms with E-state index in [0.29, 0.717) is 0 Å². The maximum Gasteiger partial charge on any atom is 0.206 e. The molecule has 0 saturated heterocycles. The number of halogens is 2. The zero-order valence-electron chi connectivity index (χ0n) is 45.2. The van der Waals surface area contributed by atoms with Crippen LogP contribution in [0.4, 0.5) is 11.4 Å². The van der Waals surface area contributed by atoms with Crippen LogP contribution in [0.25, 0.3) is 32.7 Å². The van der Waals surface area contributed by atoms with Gasteiger partial charge in [0.15, 0.2) is 5.71 Å². The van der Waals surface area contributed by atoms with E-state index in [1.807, 2.05) is 0 Å². The van der Waals surface area contributed by atoms with Gasteiger partial charge in [0.05, 0.1) is 0 Å². The van der Waals surface area contributed by atoms with E-state index in [1.54, 1.807) is 0 Å². The minimum absolute atomic E-state index is 0.0219. The predicted octanol–water partition coefficient (Wildman–Crippen LogP) is 20.3. The van der Waals surface area contributed by atoms with E-state index >= 15 is 0 Å². The van der Waals surface area contributed by atoms with Crippen molar-refractivity contribution in [3.8, 4) is 5.75 Å². The third-order valence-corrected chi connectivity index (χ3v) is 15.9. The maximum atomic E-state index is 7.34. The minimum Gasteiger partial charge on any atom is -0.456 e. The molecule has 376 valence electrons. The van der Waals surface area contributed by atoms with Gasteiger partial charge in [-0.3, -0.25) is 0 Å². The molecule has 0 spiro atoms. The molecular weight excluding hydrogens is 1010 g/mol. The molecule has 0 aromatic heterocycles. The lowest BCUT2D eigenvalue weighted by Crippen LogP contribution is -2.27. The van der Waals surface area contributed by atoms with Crippen LogP contribution < -0.4 is 9.64 Å². The van der Waals surface area contributed by atoms with Crippen molar-refractivity contribution in [3.05, 3.63) is 182 Å². The van der Waals surface area contributed by atoms with Gasteiger partial charge in [0.1, 0.15) is 18.1 Å². The number of rotatable bonds is 19. The minimum atomic E-state index is -0.243. The molecule has 0 amide bonds. The van der Waals surface area contributed by atoms with Crippen LogP contribution in [0.15, 0.2) is 160 Å². The van der Waals surface area contributed by atoms with Crippen molar-refractivity contribution in [2.24, 2.45) is 11.3 Å². The molecule has 0 bridgehead atoms. The summed E-state index contributed by atoms with van der Waals surface area (Å²) < 4.78 is 12.1. The first-order chi connectivity index (χ1) is 34.4. The molecule has 0 N–H and O–H groups in total. The van der Waals surface area contributed by atoms with Crippen LogP contribution in [0.3, 0.4) is 0 Å². The van der Waals surface area contributed by atoms with E-state index < -0.39 is 0 Å². The molecule has 0 saturated carbocycles. The van der Waals surface area contributed by atoms with Crippen LogP contribution in [0.2, 0.25) is 0 Å². The molecule has 0 atom stereocenters. The summed E-state index contributed by atoms with van der Waals surface area (Å²) in [5, 5.41) is 5.07. The third kappa shape index (κ3) is 11.8. The van der Waals surface area contributed by atoms with Gasteiger partial charge in [0.25, 0.3) is 0 Å². The molecule has 2 aliphatic rings. The predicted molar refractivity (Wildman–Crippen MR) is 319 cm³/mol. The molecule has 6 aromatic carbocycles. The number of hydrogen-bond acceptors (Lipinski definition) is 2. The summed E-state index contributed by atoms with van der Waals surface area (Å²) in [5.41, 5.74) is 12.5. The second-order valence-electron chi connectivity index (χ2n) is 23.1. The van der Waals surface area contributed by atoms with Crippen molar-refractivity contribution >= 4 is 81.6 Å². The smallest absolute Gasteiger partial charge is 0.206 e. The Bertz CT molecular complexity index is 3080. The Morgan fingerprint density at radius 3 is 2.03 bits per heavy atom. The molecule has 1 aliphatic carbocycles. The van der Waals surface area contributed by atoms with Crippen LogP contribution in [-0.2, 0) is 10.8 Å². The van der Waals surface area contributed by atoms with Crippen LogP contribution in [0.1, 0.15) is 156 Å². The molecule has 6 aromatic rings. The van der Waals surface area contributed by atoms with Crippen LogP contribution in [-0.4, -0.2) is 23.4 Å². The largest absolute Gasteiger partial charge is 0.456 e. The van der Waals surface area contributed by atoms with Gasteiger partial charge in [0, 0.05) is 74.0 Å². The Kier molecular flexibility index (Phi) is 16.8. The van der Waals surface area contributed by atoms with E-state index in [4.69, 9.17) is 4.74 Å². The summed E-state index contributed by atoms with van der Waals surface area (Å²) in [6.45, 7) is 27.8. The van der Waals surface area contributed by atoms with Gasteiger partial charge in [0.2, 0.25) is 5.69 Å². The fourth-order valence-corrected chi connectivity index (χ4v) is 12.5. The van der Waals surface area contributed by atoms with Crippen molar-refractivity contribution in [1.82, 2.24) is 0 Å². The Balaban J connectivity index is 1.30. The fraction of sp³-hybridized carbons (Fsp3) is 0.388. The molecule has 72 heavy (non-hydrogen) atoms. The van der Waals surface area contributed by atoms with Crippen molar-refractivity contribution in [2.75, 3.05) is 18.0 Å². The van der Waals surface area contributed by atoms with E-state index in [0.717, 1.165) is 64.0 Å². The molecule has 1 heterocycles. The zero-order valence-corrected chi connectivity index (χ0v) is 48.4. The second-order valence-corrected chi connectivity index (χ2v) is 25.0. The van der Waals surface area contributed by atoms with Gasteiger partial charge in [-0.05, 0) is 141 Å². The van der Waals surface area contributed by atoms with Gasteiger partial charge in [-0.15, -0.1) is 0 Å². The van der Waals surface area contributed by atoms with Gasteiger partial charge < -0.3 is 9.64 Å². The average molecular weight is 1090 g/mol. The van der Waals surface area contributed by atoms with Gasteiger partial charge in [-0.2, -0.15) is 4.58 Å². The molecule has 0 radical (unpaired) electrons. The summed E-state index contributed by atoms with van der Waals surface area (Å²) in [5.74, 6) is 2.00. The van der Waals surface area contributed by atoms with Gasteiger partial charge in [-0.1, -0.05) is 195 Å². The monoisotopic (exact) mass is 1090 g/mol. The number of nitrogens with zero attached hydrogens (tertiary/aromatic N) is 2. The van der Waals surface area contributed by atoms with Crippen LogP contribution in [0, 0.1) is 11.3 Å². The fourth-order valence-electron chi connectivity index (χ4n) is 11.7. The molecule has 0 fully saturated rings. The highest BCUT2D eigenvalue weighted by molar-refractivity contribution is 9.10. The van der Waals surface area contributed by atoms with Crippen molar-refractivity contribution in [1.29, 1.82) is 0 Å². The number of unbranched alkanes of at least 4 members (excludes halogenated alkanes) is 6. The number of anilines is 1. The second kappa shape index (κ2) is 22.7. The summed E-state index contributed by atoms with van der Waals surface area (Å²) in [6.07, 6.45) is 20.2. The van der Waals surface area contributed by atoms with Gasteiger partial charge in [-0.25, -0.2) is 0 Å². The highest BCUT2D eigenvalue weighted by Gasteiger charge is 2.41. The lowest BCUT2D eigenvalue weighted by atomic mass is 9.72. The molecule has 5 heteroatoms. The van der Waals surface area contributed by atoms with Crippen molar-refractivity contribution in [2.45, 2.75) is 145 Å². The SMILES string of the molecule is CCCCCCN1C(=CC=C2C(Oc3ccc(C(C)(C)CC(C)(C)C)cc3)=C(C=CC(C(C)C)=[N+](CCCCCC)c3ccc4cc(Br)ccc4c3)c3ccccc32)C(C)(C)c2c1ccc1cc(Br)ccc21. The number of allylic oxidation sites excluding steroid dienone is 7.